The molecule has 5 nitrogen and oxygen atoms in total. The first-order chi connectivity index (χ1) is 11.9. The van der Waals surface area contributed by atoms with Gasteiger partial charge in [-0.15, -0.1) is 0 Å². The number of rotatable bonds is 3. The minimum atomic E-state index is -1.29. The molecule has 0 bridgehead atoms. The minimum absolute atomic E-state index is 0.0280. The lowest BCUT2D eigenvalue weighted by atomic mass is 10.1. The Hall–Kier alpha value is -2.08. The van der Waals surface area contributed by atoms with Crippen LogP contribution in [0.2, 0.25) is 10.0 Å². The normalized spacial score (nSPS) is 10.5. The number of aromatic nitrogens is 2. The van der Waals surface area contributed by atoms with E-state index in [4.69, 9.17) is 23.2 Å². The maximum Gasteiger partial charge on any atom is 0.357 e. The van der Waals surface area contributed by atoms with Gasteiger partial charge in [0.2, 0.25) is 0 Å². The third-order valence-electron chi connectivity index (χ3n) is 3.46. The van der Waals surface area contributed by atoms with Crippen LogP contribution in [0.4, 0.5) is 0 Å². The summed E-state index contributed by atoms with van der Waals surface area (Å²) in [6, 6.07) is 14.0. The second-order valence-electron chi connectivity index (χ2n) is 5.00. The van der Waals surface area contributed by atoms with Gasteiger partial charge in [0.05, 0.1) is 16.4 Å². The van der Waals surface area contributed by atoms with E-state index in [-0.39, 0.29) is 11.3 Å². The van der Waals surface area contributed by atoms with Crippen LogP contribution in [0.15, 0.2) is 42.5 Å². The zero-order chi connectivity index (χ0) is 18.1. The van der Waals surface area contributed by atoms with Crippen molar-refractivity contribution in [3.8, 4) is 23.0 Å². The SMILES string of the molecule is N#Cc1c(C(=O)O)nn(-c2ccc(Cl)cc2Cl)c1-c1ccc(I)cc1. The molecule has 1 N–H and O–H groups in total. The van der Waals surface area contributed by atoms with Gasteiger partial charge < -0.3 is 5.11 Å². The van der Waals surface area contributed by atoms with Gasteiger partial charge in [0.25, 0.3) is 0 Å². The molecular weight excluding hydrogens is 476 g/mol. The topological polar surface area (TPSA) is 78.9 Å². The van der Waals surface area contributed by atoms with Gasteiger partial charge in [0.15, 0.2) is 5.69 Å². The molecule has 0 atom stereocenters. The Bertz CT molecular complexity index is 1020. The summed E-state index contributed by atoms with van der Waals surface area (Å²) < 4.78 is 2.37. The van der Waals surface area contributed by atoms with Gasteiger partial charge in [-0.3, -0.25) is 0 Å². The molecule has 25 heavy (non-hydrogen) atoms. The highest BCUT2D eigenvalue weighted by Crippen LogP contribution is 2.33. The van der Waals surface area contributed by atoms with Gasteiger partial charge in [0.1, 0.15) is 11.6 Å². The number of carbonyl (C=O) groups is 1. The van der Waals surface area contributed by atoms with Crippen molar-refractivity contribution in [3.63, 3.8) is 0 Å². The third kappa shape index (κ3) is 3.35. The summed E-state index contributed by atoms with van der Waals surface area (Å²) in [5, 5.41) is 23.8. The fraction of sp³-hybridized carbons (Fsp3) is 0. The van der Waals surface area contributed by atoms with Gasteiger partial charge in [-0.1, -0.05) is 35.3 Å². The van der Waals surface area contributed by atoms with E-state index >= 15 is 0 Å². The fourth-order valence-electron chi connectivity index (χ4n) is 2.38. The summed E-state index contributed by atoms with van der Waals surface area (Å²) >= 11 is 14.3. The number of carboxylic acid groups (broad SMARTS) is 1. The van der Waals surface area contributed by atoms with Crippen LogP contribution in [-0.2, 0) is 0 Å². The second-order valence-corrected chi connectivity index (χ2v) is 7.09. The van der Waals surface area contributed by atoms with Crippen molar-refractivity contribution in [2.45, 2.75) is 0 Å². The summed E-state index contributed by atoms with van der Waals surface area (Å²) in [7, 11) is 0. The van der Waals surface area contributed by atoms with Gasteiger partial charge >= 0.3 is 5.97 Å². The molecule has 2 aromatic carbocycles. The molecule has 0 radical (unpaired) electrons. The predicted molar refractivity (Wildman–Crippen MR) is 103 cm³/mol. The molecule has 0 aliphatic carbocycles. The summed E-state index contributed by atoms with van der Waals surface area (Å²) in [5.74, 6) is -1.29. The van der Waals surface area contributed by atoms with E-state index in [2.05, 4.69) is 27.7 Å². The van der Waals surface area contributed by atoms with Gasteiger partial charge in [-0.05, 0) is 52.9 Å². The molecule has 8 heteroatoms. The molecule has 124 valence electrons. The van der Waals surface area contributed by atoms with Crippen LogP contribution < -0.4 is 0 Å². The quantitative estimate of drug-likeness (QED) is 0.530. The van der Waals surface area contributed by atoms with Crippen molar-refractivity contribution in [2.24, 2.45) is 0 Å². The molecule has 0 saturated heterocycles. The number of aromatic carboxylic acids is 1. The maximum absolute atomic E-state index is 11.5. The Balaban J connectivity index is 2.36. The minimum Gasteiger partial charge on any atom is -0.476 e. The number of nitrogens with zero attached hydrogens (tertiary/aromatic N) is 3. The van der Waals surface area contributed by atoms with E-state index in [1.165, 1.54) is 10.7 Å². The van der Waals surface area contributed by atoms with Gasteiger partial charge in [-0.25, -0.2) is 9.48 Å². The zero-order valence-corrected chi connectivity index (χ0v) is 16.0. The molecule has 0 aliphatic rings. The largest absolute Gasteiger partial charge is 0.476 e. The number of benzene rings is 2. The van der Waals surface area contributed by atoms with E-state index in [0.29, 0.717) is 27.0 Å². The highest BCUT2D eigenvalue weighted by atomic mass is 127. The molecule has 0 unspecified atom stereocenters. The predicted octanol–water partition coefficient (Wildman–Crippen LogP) is 5.02. The monoisotopic (exact) mass is 483 g/mol. The maximum atomic E-state index is 11.5. The number of hydrogen-bond acceptors (Lipinski definition) is 3. The third-order valence-corrected chi connectivity index (χ3v) is 4.71. The first-order valence-electron chi connectivity index (χ1n) is 6.90. The summed E-state index contributed by atoms with van der Waals surface area (Å²) in [6.45, 7) is 0. The molecule has 1 aromatic heterocycles. The Morgan fingerprint density at radius 3 is 2.44 bits per heavy atom. The van der Waals surface area contributed by atoms with Crippen molar-refractivity contribution in [3.05, 3.63) is 67.3 Å². The van der Waals surface area contributed by atoms with Crippen molar-refractivity contribution < 1.29 is 9.90 Å². The molecule has 3 aromatic rings. The van der Waals surface area contributed by atoms with Gasteiger partial charge in [-0.2, -0.15) is 10.4 Å². The smallest absolute Gasteiger partial charge is 0.357 e. The van der Waals surface area contributed by atoms with Crippen LogP contribution in [0, 0.1) is 14.9 Å². The van der Waals surface area contributed by atoms with Crippen LogP contribution in [0.1, 0.15) is 16.1 Å². The van der Waals surface area contributed by atoms with Crippen LogP contribution in [-0.4, -0.2) is 20.9 Å². The lowest BCUT2D eigenvalue weighted by Crippen LogP contribution is -2.03. The van der Waals surface area contributed by atoms with Crippen LogP contribution in [0.3, 0.4) is 0 Å². The van der Waals surface area contributed by atoms with E-state index < -0.39 is 5.97 Å². The van der Waals surface area contributed by atoms with Gasteiger partial charge in [0, 0.05) is 14.2 Å². The van der Waals surface area contributed by atoms with Crippen LogP contribution in [0.5, 0.6) is 0 Å². The standard InChI is InChI=1S/C17H8Cl2IN3O2/c18-10-3-6-14(13(19)7-10)23-16(9-1-4-11(20)5-2-9)12(8-21)15(22-23)17(24)25/h1-7H,(H,24,25). The molecule has 1 heterocycles. The zero-order valence-electron chi connectivity index (χ0n) is 12.4. The fourth-order valence-corrected chi connectivity index (χ4v) is 3.22. The molecular formula is C17H8Cl2IN3O2. The number of nitriles is 1. The summed E-state index contributed by atoms with van der Waals surface area (Å²) in [5.41, 5.74) is 1.09. The average molecular weight is 484 g/mol. The van der Waals surface area contributed by atoms with E-state index in [1.54, 1.807) is 24.3 Å². The Labute approximate surface area is 166 Å². The highest BCUT2D eigenvalue weighted by molar-refractivity contribution is 14.1. The Kier molecular flexibility index (Phi) is 4.99. The molecule has 0 spiro atoms. The van der Waals surface area contributed by atoms with Crippen LogP contribution >= 0.6 is 45.8 Å². The number of carboxylic acids is 1. The number of halogens is 3. The summed E-state index contributed by atoms with van der Waals surface area (Å²) in [6.07, 6.45) is 0. The molecule has 0 saturated carbocycles. The van der Waals surface area contributed by atoms with E-state index in [9.17, 15) is 15.2 Å². The van der Waals surface area contributed by atoms with Crippen molar-refractivity contribution in [1.82, 2.24) is 9.78 Å². The lowest BCUT2D eigenvalue weighted by molar-refractivity contribution is 0.0689. The molecule has 3 rings (SSSR count). The Morgan fingerprint density at radius 2 is 1.88 bits per heavy atom. The highest BCUT2D eigenvalue weighted by Gasteiger charge is 2.25. The average Bonchev–Trinajstić information content (AvgIpc) is 2.95. The first kappa shape index (κ1) is 17.7. The second kappa shape index (κ2) is 7.04. The number of hydrogen-bond donors (Lipinski definition) is 1. The van der Waals surface area contributed by atoms with Crippen molar-refractivity contribution in [2.75, 3.05) is 0 Å². The molecule has 0 fully saturated rings. The van der Waals surface area contributed by atoms with Crippen molar-refractivity contribution >= 4 is 51.8 Å². The van der Waals surface area contributed by atoms with Crippen LogP contribution in [0.25, 0.3) is 16.9 Å². The molecule has 0 aliphatic heterocycles. The van der Waals surface area contributed by atoms with Crippen molar-refractivity contribution in [1.29, 1.82) is 5.26 Å². The molecule has 0 amide bonds. The summed E-state index contributed by atoms with van der Waals surface area (Å²) in [4.78, 5) is 11.5. The Morgan fingerprint density at radius 1 is 1.20 bits per heavy atom. The first-order valence-corrected chi connectivity index (χ1v) is 8.73. The van der Waals surface area contributed by atoms with E-state index in [0.717, 1.165) is 3.57 Å². The van der Waals surface area contributed by atoms with E-state index in [1.807, 2.05) is 18.2 Å². The lowest BCUT2D eigenvalue weighted by Gasteiger charge is -2.10.